The second-order valence-electron chi connectivity index (χ2n) is 7.18. The molecule has 1 aromatic carbocycles. The van der Waals surface area contributed by atoms with Crippen LogP contribution in [0.2, 0.25) is 0 Å². The minimum Gasteiger partial charge on any atom is -0.302 e. The molecule has 6 rings (SSSR count). The van der Waals surface area contributed by atoms with Crippen molar-refractivity contribution >= 4 is 28.9 Å². The van der Waals surface area contributed by atoms with Crippen molar-refractivity contribution in [3.05, 3.63) is 70.9 Å². The first-order chi connectivity index (χ1) is 14.8. The summed E-state index contributed by atoms with van der Waals surface area (Å²) in [5.74, 6) is 1.60. The lowest BCUT2D eigenvalue weighted by atomic mass is 10.1. The maximum Gasteiger partial charge on any atom is 0.253 e. The van der Waals surface area contributed by atoms with Crippen LogP contribution in [-0.2, 0) is 6.42 Å². The molecule has 0 saturated heterocycles. The Morgan fingerprint density at radius 1 is 1.07 bits per heavy atom. The van der Waals surface area contributed by atoms with Gasteiger partial charge in [-0.1, -0.05) is 36.4 Å². The lowest BCUT2D eigenvalue weighted by Gasteiger charge is -2.10. The van der Waals surface area contributed by atoms with E-state index >= 15 is 0 Å². The number of fused-ring (bicyclic) bond motifs is 1. The van der Waals surface area contributed by atoms with Crippen LogP contribution in [0.1, 0.15) is 29.6 Å². The molecule has 30 heavy (non-hydrogen) atoms. The van der Waals surface area contributed by atoms with Crippen LogP contribution in [0.3, 0.4) is 0 Å². The molecule has 4 aromatic heterocycles. The topological polar surface area (TPSA) is 73.8 Å². The first kappa shape index (κ1) is 17.8. The van der Waals surface area contributed by atoms with Gasteiger partial charge in [-0.2, -0.15) is 14.6 Å². The lowest BCUT2D eigenvalue weighted by molar-refractivity contribution is 0.634. The highest BCUT2D eigenvalue weighted by Gasteiger charge is 2.30. The quantitative estimate of drug-likeness (QED) is 0.368. The summed E-state index contributed by atoms with van der Waals surface area (Å²) in [5.41, 5.74) is 1.92. The summed E-state index contributed by atoms with van der Waals surface area (Å²) < 4.78 is 4.07. The zero-order valence-corrected chi connectivity index (χ0v) is 17.6. The van der Waals surface area contributed by atoms with Crippen molar-refractivity contribution in [1.29, 1.82) is 0 Å². The van der Waals surface area contributed by atoms with Crippen molar-refractivity contribution in [2.45, 2.75) is 35.5 Å². The molecule has 4 heterocycles. The Morgan fingerprint density at radius 2 is 1.97 bits per heavy atom. The third kappa shape index (κ3) is 3.29. The molecule has 148 valence electrons. The molecular weight excluding hydrogens is 414 g/mol. The van der Waals surface area contributed by atoms with Gasteiger partial charge in [-0.05, 0) is 42.1 Å². The molecule has 1 aliphatic rings. The molecule has 7 nitrogen and oxygen atoms in total. The molecule has 0 aliphatic heterocycles. The summed E-state index contributed by atoms with van der Waals surface area (Å²) in [5, 5.41) is 17.4. The predicted octanol–water partition coefficient (Wildman–Crippen LogP) is 4.52. The van der Waals surface area contributed by atoms with Crippen LogP contribution >= 0.6 is 23.1 Å². The Morgan fingerprint density at radius 3 is 2.77 bits per heavy atom. The summed E-state index contributed by atoms with van der Waals surface area (Å²) in [6.45, 7) is 0. The molecule has 9 heteroatoms. The average Bonchev–Trinajstić information content (AvgIpc) is 3.16. The highest BCUT2D eigenvalue weighted by atomic mass is 32.2. The van der Waals surface area contributed by atoms with Crippen LogP contribution in [0.15, 0.2) is 70.4 Å². The number of benzene rings is 1. The summed E-state index contributed by atoms with van der Waals surface area (Å²) in [4.78, 5) is 10.3. The minimum absolute atomic E-state index is 0.485. The van der Waals surface area contributed by atoms with Crippen molar-refractivity contribution in [3.63, 3.8) is 0 Å². The average molecular weight is 432 g/mol. The van der Waals surface area contributed by atoms with E-state index in [1.165, 1.54) is 24.0 Å². The van der Waals surface area contributed by atoms with Crippen molar-refractivity contribution in [1.82, 2.24) is 34.3 Å². The fourth-order valence-electron chi connectivity index (χ4n) is 3.47. The molecule has 1 saturated carbocycles. The number of hydrogen-bond donors (Lipinski definition) is 0. The number of nitrogens with zero attached hydrogens (tertiary/aromatic N) is 7. The monoisotopic (exact) mass is 431 g/mol. The van der Waals surface area contributed by atoms with Crippen molar-refractivity contribution < 1.29 is 0 Å². The molecule has 1 fully saturated rings. The summed E-state index contributed by atoms with van der Waals surface area (Å²) in [7, 11) is 0. The van der Waals surface area contributed by atoms with E-state index in [1.54, 1.807) is 27.6 Å². The van der Waals surface area contributed by atoms with Crippen LogP contribution in [0.25, 0.3) is 17.0 Å². The van der Waals surface area contributed by atoms with Gasteiger partial charge in [0.25, 0.3) is 5.78 Å². The van der Waals surface area contributed by atoms with Gasteiger partial charge in [-0.25, -0.2) is 4.98 Å². The van der Waals surface area contributed by atoms with Gasteiger partial charge in [-0.3, -0.25) is 0 Å². The molecular formula is C21H17N7S2. The number of rotatable bonds is 6. The number of hydrogen-bond acceptors (Lipinski definition) is 7. The highest BCUT2D eigenvalue weighted by Crippen LogP contribution is 2.41. The van der Waals surface area contributed by atoms with Gasteiger partial charge in [0.15, 0.2) is 5.16 Å². The van der Waals surface area contributed by atoms with E-state index < -0.39 is 0 Å². The molecule has 0 spiro atoms. The lowest BCUT2D eigenvalue weighted by Crippen LogP contribution is -2.04. The Kier molecular flexibility index (Phi) is 4.35. The SMILES string of the molecule is c1ccc(-c2cc(Sc3nnc(Cc4cccs4)n3C3CC3)n3ncnc3n2)cc1. The van der Waals surface area contributed by atoms with Crippen LogP contribution in [0.4, 0.5) is 0 Å². The number of aromatic nitrogens is 7. The molecule has 5 aromatic rings. The maximum absolute atomic E-state index is 4.67. The van der Waals surface area contributed by atoms with E-state index in [0.717, 1.165) is 33.7 Å². The Balaban J connectivity index is 1.41. The molecule has 0 atom stereocenters. The third-order valence-corrected chi connectivity index (χ3v) is 6.88. The van der Waals surface area contributed by atoms with Gasteiger partial charge in [-0.15, -0.1) is 21.5 Å². The van der Waals surface area contributed by atoms with Crippen LogP contribution in [0.5, 0.6) is 0 Å². The maximum atomic E-state index is 4.67. The summed E-state index contributed by atoms with van der Waals surface area (Å²) in [6, 6.07) is 16.9. The van der Waals surface area contributed by atoms with Gasteiger partial charge in [0.05, 0.1) is 5.69 Å². The Labute approximate surface area is 180 Å². The molecule has 0 bridgehead atoms. The Hall–Kier alpha value is -3.04. The van der Waals surface area contributed by atoms with Gasteiger partial charge in [0.2, 0.25) is 0 Å². The van der Waals surface area contributed by atoms with Gasteiger partial charge < -0.3 is 4.57 Å². The smallest absolute Gasteiger partial charge is 0.253 e. The highest BCUT2D eigenvalue weighted by molar-refractivity contribution is 7.99. The summed E-state index contributed by atoms with van der Waals surface area (Å²) in [6.07, 6.45) is 4.70. The molecule has 0 unspecified atom stereocenters. The fourth-order valence-corrected chi connectivity index (χ4v) is 5.18. The van der Waals surface area contributed by atoms with Gasteiger partial charge in [0.1, 0.15) is 17.2 Å². The van der Waals surface area contributed by atoms with Crippen LogP contribution < -0.4 is 0 Å². The summed E-state index contributed by atoms with van der Waals surface area (Å²) >= 11 is 3.33. The van der Waals surface area contributed by atoms with E-state index in [4.69, 9.17) is 0 Å². The second-order valence-corrected chi connectivity index (χ2v) is 9.20. The van der Waals surface area contributed by atoms with E-state index in [2.05, 4.69) is 59.5 Å². The van der Waals surface area contributed by atoms with Crippen molar-refractivity contribution in [3.8, 4) is 11.3 Å². The molecule has 0 N–H and O–H groups in total. The molecule has 1 aliphatic carbocycles. The largest absolute Gasteiger partial charge is 0.302 e. The van der Waals surface area contributed by atoms with E-state index in [0.29, 0.717) is 11.8 Å². The van der Waals surface area contributed by atoms with Gasteiger partial charge in [0, 0.05) is 22.9 Å². The predicted molar refractivity (Wildman–Crippen MR) is 116 cm³/mol. The van der Waals surface area contributed by atoms with E-state index in [1.807, 2.05) is 24.3 Å². The first-order valence-corrected chi connectivity index (χ1v) is 11.4. The normalized spacial score (nSPS) is 13.9. The zero-order valence-electron chi connectivity index (χ0n) is 15.9. The minimum atomic E-state index is 0.485. The zero-order chi connectivity index (χ0) is 19.9. The fraction of sp³-hybridized carbons (Fsp3) is 0.190. The van der Waals surface area contributed by atoms with E-state index in [-0.39, 0.29) is 0 Å². The first-order valence-electron chi connectivity index (χ1n) is 9.75. The van der Waals surface area contributed by atoms with Crippen molar-refractivity contribution in [2.24, 2.45) is 0 Å². The molecule has 0 amide bonds. The third-order valence-electron chi connectivity index (χ3n) is 5.04. The standard InChI is InChI=1S/C21H17N7S2/c1-2-5-14(6-3-1)17-12-19(28-20(24-17)22-13-23-28)30-21-26-25-18(27(21)15-8-9-15)11-16-7-4-10-29-16/h1-7,10,12-13,15H,8-9,11H2. The number of thiophene rings is 1. The van der Waals surface area contributed by atoms with Crippen LogP contribution in [-0.4, -0.2) is 34.3 Å². The van der Waals surface area contributed by atoms with Crippen LogP contribution in [0, 0.1) is 0 Å². The van der Waals surface area contributed by atoms with Crippen molar-refractivity contribution in [2.75, 3.05) is 0 Å². The second kappa shape index (κ2) is 7.33. The van der Waals surface area contributed by atoms with E-state index in [9.17, 15) is 0 Å². The molecule has 0 radical (unpaired) electrons. The van der Waals surface area contributed by atoms with Gasteiger partial charge >= 0.3 is 0 Å². The Bertz CT molecular complexity index is 1300.